The number of nitrogens with zero attached hydrogens (tertiary/aromatic N) is 4. The van der Waals surface area contributed by atoms with Crippen LogP contribution in [-0.4, -0.2) is 45.3 Å². The number of halogens is 3. The highest BCUT2D eigenvalue weighted by Gasteiger charge is 2.37. The highest BCUT2D eigenvalue weighted by molar-refractivity contribution is 6.10. The molecule has 3 aromatic rings. The van der Waals surface area contributed by atoms with E-state index in [4.69, 9.17) is 0 Å². The molecule has 0 saturated carbocycles. The summed E-state index contributed by atoms with van der Waals surface area (Å²) in [6.45, 7) is 1.26. The lowest BCUT2D eigenvalue weighted by atomic mass is 9.95. The molecule has 0 bridgehead atoms. The van der Waals surface area contributed by atoms with Crippen molar-refractivity contribution in [3.05, 3.63) is 41.2 Å². The molecule has 0 atom stereocenters. The number of aromatic amines is 1. The minimum Gasteiger partial charge on any atom is -0.339 e. The van der Waals surface area contributed by atoms with Gasteiger partial charge in [0, 0.05) is 37.3 Å². The summed E-state index contributed by atoms with van der Waals surface area (Å²) in [6.07, 6.45) is 1.61. The van der Waals surface area contributed by atoms with Crippen molar-refractivity contribution in [3.8, 4) is 11.3 Å². The Hall–Kier alpha value is -3.43. The van der Waals surface area contributed by atoms with Crippen molar-refractivity contribution >= 4 is 28.7 Å². The van der Waals surface area contributed by atoms with Crippen molar-refractivity contribution in [3.63, 3.8) is 0 Å². The summed E-state index contributed by atoms with van der Waals surface area (Å²) in [5.74, 6) is -0.193. The second kappa shape index (κ2) is 7.36. The van der Waals surface area contributed by atoms with E-state index in [1.165, 1.54) is 12.3 Å². The van der Waals surface area contributed by atoms with E-state index in [1.54, 1.807) is 23.2 Å². The molecule has 2 aromatic heterocycles. The van der Waals surface area contributed by atoms with Gasteiger partial charge in [-0.15, -0.1) is 0 Å². The van der Waals surface area contributed by atoms with Gasteiger partial charge in [0.25, 0.3) is 5.91 Å². The minimum atomic E-state index is -4.64. The Kier molecular flexibility index (Phi) is 4.64. The molecular weight excluding hydrogens is 409 g/mol. The molecule has 2 N–H and O–H groups in total. The molecule has 31 heavy (non-hydrogen) atoms. The van der Waals surface area contributed by atoms with Crippen LogP contribution in [0, 0.1) is 0 Å². The lowest BCUT2D eigenvalue weighted by Gasteiger charge is -2.28. The van der Waals surface area contributed by atoms with Crippen LogP contribution in [0.25, 0.3) is 22.2 Å². The lowest BCUT2D eigenvalue weighted by Crippen LogP contribution is -2.35. The van der Waals surface area contributed by atoms with E-state index in [2.05, 4.69) is 25.7 Å². The van der Waals surface area contributed by atoms with E-state index in [1.807, 2.05) is 0 Å². The molecule has 2 aliphatic rings. The number of hydrogen-bond acceptors (Lipinski definition) is 5. The molecule has 4 heterocycles. The zero-order chi connectivity index (χ0) is 21.6. The normalized spacial score (nSPS) is 16.3. The van der Waals surface area contributed by atoms with Crippen LogP contribution in [0.2, 0.25) is 0 Å². The molecule has 0 aliphatic carbocycles. The molecule has 1 amide bonds. The summed E-state index contributed by atoms with van der Waals surface area (Å²) in [6, 6.07) is 4.94. The topological polar surface area (TPSA) is 86.3 Å². The fourth-order valence-electron chi connectivity index (χ4n) is 4.24. The number of hydrogen-bond donors (Lipinski definition) is 2. The third-order valence-corrected chi connectivity index (χ3v) is 5.71. The van der Waals surface area contributed by atoms with Crippen LogP contribution in [0.15, 0.2) is 29.5 Å². The Balaban J connectivity index is 1.74. The maximum Gasteiger partial charge on any atom is 0.435 e. The summed E-state index contributed by atoms with van der Waals surface area (Å²) < 4.78 is 40.3. The molecule has 10 heteroatoms. The number of benzene rings is 1. The van der Waals surface area contributed by atoms with Crippen LogP contribution in [0.3, 0.4) is 0 Å². The van der Waals surface area contributed by atoms with E-state index in [0.717, 1.165) is 30.5 Å². The van der Waals surface area contributed by atoms with Crippen molar-refractivity contribution in [2.75, 3.05) is 18.5 Å². The van der Waals surface area contributed by atoms with Gasteiger partial charge in [0.15, 0.2) is 5.69 Å². The van der Waals surface area contributed by atoms with Crippen molar-refractivity contribution in [1.29, 1.82) is 0 Å². The summed E-state index contributed by atoms with van der Waals surface area (Å²) in [5, 5.41) is 10.4. The van der Waals surface area contributed by atoms with Crippen molar-refractivity contribution < 1.29 is 18.0 Å². The van der Waals surface area contributed by atoms with Gasteiger partial charge in [0.05, 0.1) is 28.0 Å². The second-order valence-corrected chi connectivity index (χ2v) is 7.67. The van der Waals surface area contributed by atoms with Gasteiger partial charge in [-0.2, -0.15) is 23.4 Å². The number of pyridine rings is 1. The number of rotatable bonds is 2. The zero-order valence-corrected chi connectivity index (χ0v) is 16.5. The fourth-order valence-corrected chi connectivity index (χ4v) is 4.24. The molecular formula is C21H19F3N6O. The summed E-state index contributed by atoms with van der Waals surface area (Å²) in [5.41, 5.74) is 4.18. The van der Waals surface area contributed by atoms with Crippen LogP contribution < -0.4 is 5.43 Å². The van der Waals surface area contributed by atoms with Crippen LogP contribution in [-0.2, 0) is 12.6 Å². The molecule has 160 valence electrons. The standard InChI is InChI=1S/C21H19F3N6O/c22-21(23,24)19-14(11-26-29-19)17-10-13(20(31)30-8-2-1-3-9-30)18-12-6-7-25-28-15(12)4-5-16(18)27-17/h4-5,7,10-11,28H,1-3,6,8-9H2,(H,26,29). The van der Waals surface area contributed by atoms with E-state index in [9.17, 15) is 18.0 Å². The van der Waals surface area contributed by atoms with Gasteiger partial charge in [-0.3, -0.25) is 15.3 Å². The smallest absolute Gasteiger partial charge is 0.339 e. The first-order valence-electron chi connectivity index (χ1n) is 10.1. The quantitative estimate of drug-likeness (QED) is 0.640. The summed E-state index contributed by atoms with van der Waals surface area (Å²) in [7, 11) is 0. The van der Waals surface area contributed by atoms with Crippen LogP contribution in [0.1, 0.15) is 40.9 Å². The second-order valence-electron chi connectivity index (χ2n) is 7.67. The highest BCUT2D eigenvalue weighted by atomic mass is 19.4. The Morgan fingerprint density at radius 3 is 2.71 bits per heavy atom. The number of piperidine rings is 1. The number of nitrogens with one attached hydrogen (secondary N) is 2. The predicted molar refractivity (Wildman–Crippen MR) is 110 cm³/mol. The van der Waals surface area contributed by atoms with Gasteiger partial charge in [-0.25, -0.2) is 4.98 Å². The lowest BCUT2D eigenvalue weighted by molar-refractivity contribution is -0.140. The number of amides is 1. The monoisotopic (exact) mass is 428 g/mol. The molecule has 1 saturated heterocycles. The molecule has 0 spiro atoms. The molecule has 2 aliphatic heterocycles. The Bertz CT molecular complexity index is 1190. The van der Waals surface area contributed by atoms with E-state index >= 15 is 0 Å². The number of alkyl halides is 3. The zero-order valence-electron chi connectivity index (χ0n) is 16.5. The molecule has 0 unspecified atom stereocenters. The predicted octanol–water partition coefficient (Wildman–Crippen LogP) is 4.22. The summed E-state index contributed by atoms with van der Waals surface area (Å²) >= 11 is 0. The number of fused-ring (bicyclic) bond motifs is 3. The fraction of sp³-hybridized carbons (Fsp3) is 0.333. The van der Waals surface area contributed by atoms with Gasteiger partial charge in [0.2, 0.25) is 0 Å². The maximum atomic E-state index is 13.5. The highest BCUT2D eigenvalue weighted by Crippen LogP contribution is 2.38. The van der Waals surface area contributed by atoms with Gasteiger partial charge in [-0.1, -0.05) is 0 Å². The number of carbonyl (C=O) groups excluding carboxylic acids is 1. The molecule has 1 aromatic carbocycles. The van der Waals surface area contributed by atoms with Gasteiger partial charge in [-0.05, 0) is 43.0 Å². The van der Waals surface area contributed by atoms with E-state index in [-0.39, 0.29) is 17.2 Å². The maximum absolute atomic E-state index is 13.5. The number of hydrazone groups is 1. The molecule has 1 fully saturated rings. The average Bonchev–Trinajstić information content (AvgIpc) is 3.29. The van der Waals surface area contributed by atoms with Crippen LogP contribution in [0.4, 0.5) is 18.9 Å². The number of H-pyrrole nitrogens is 1. The Labute approximate surface area is 175 Å². The van der Waals surface area contributed by atoms with Crippen molar-refractivity contribution in [1.82, 2.24) is 20.1 Å². The van der Waals surface area contributed by atoms with Gasteiger partial charge >= 0.3 is 6.18 Å². The van der Waals surface area contributed by atoms with Gasteiger partial charge < -0.3 is 4.90 Å². The Morgan fingerprint density at radius 1 is 1.13 bits per heavy atom. The number of likely N-dealkylation sites (tertiary alicyclic amines) is 1. The third-order valence-electron chi connectivity index (χ3n) is 5.71. The van der Waals surface area contributed by atoms with Crippen molar-refractivity contribution in [2.24, 2.45) is 5.10 Å². The van der Waals surface area contributed by atoms with Gasteiger partial charge in [0.1, 0.15) is 0 Å². The first-order chi connectivity index (χ1) is 14.9. The van der Waals surface area contributed by atoms with E-state index in [0.29, 0.717) is 36.0 Å². The van der Waals surface area contributed by atoms with E-state index < -0.39 is 11.9 Å². The first kappa shape index (κ1) is 19.5. The number of carbonyl (C=O) groups is 1. The Morgan fingerprint density at radius 2 is 1.94 bits per heavy atom. The largest absolute Gasteiger partial charge is 0.435 e. The first-order valence-corrected chi connectivity index (χ1v) is 10.1. The number of aromatic nitrogens is 3. The minimum absolute atomic E-state index is 0.0614. The SMILES string of the molecule is O=C(c1cc(-c2c[nH]nc2C(F)(F)F)nc2ccc3c(c12)CC=NN3)N1CCCCC1. The number of anilines is 1. The molecule has 0 radical (unpaired) electrons. The van der Waals surface area contributed by atoms with Crippen LogP contribution >= 0.6 is 0 Å². The molecule has 5 rings (SSSR count). The van der Waals surface area contributed by atoms with Crippen molar-refractivity contribution in [2.45, 2.75) is 31.9 Å². The average molecular weight is 428 g/mol. The van der Waals surface area contributed by atoms with Crippen LogP contribution in [0.5, 0.6) is 0 Å². The third kappa shape index (κ3) is 3.41. The molecule has 7 nitrogen and oxygen atoms in total. The summed E-state index contributed by atoms with van der Waals surface area (Å²) in [4.78, 5) is 19.8.